The van der Waals surface area contributed by atoms with Gasteiger partial charge in [-0.15, -0.1) is 0 Å². The van der Waals surface area contributed by atoms with E-state index < -0.39 is 5.97 Å². The molecule has 0 spiro atoms. The summed E-state index contributed by atoms with van der Waals surface area (Å²) >= 11 is 0. The van der Waals surface area contributed by atoms with Gasteiger partial charge in [0.15, 0.2) is 23.0 Å². The molecule has 0 saturated heterocycles. The Morgan fingerprint density at radius 3 is 2.32 bits per heavy atom. The standard InChI is InChI=1S/C26H21N3O5/c1-31-21-11-9-17(14-24(21)33-3)26(30)34-22-10-8-16(13-23(22)32-2)12-18(15-27)25-28-19-6-4-5-7-20(19)29-25/h4-14H,1-3H3,(H,28,29)/b18-12+. The molecule has 1 aromatic heterocycles. The molecule has 3 aromatic carbocycles. The number of nitrogens with one attached hydrogen (secondary N) is 1. The Morgan fingerprint density at radius 2 is 1.62 bits per heavy atom. The number of methoxy groups -OCH3 is 3. The number of fused-ring (bicyclic) bond motifs is 1. The van der Waals surface area contributed by atoms with Gasteiger partial charge in [-0.2, -0.15) is 5.26 Å². The largest absolute Gasteiger partial charge is 0.493 e. The third-order valence-electron chi connectivity index (χ3n) is 5.09. The number of imidazole rings is 1. The number of aromatic amines is 1. The molecule has 0 unspecified atom stereocenters. The number of aromatic nitrogens is 2. The summed E-state index contributed by atoms with van der Waals surface area (Å²) in [4.78, 5) is 20.3. The molecular formula is C26H21N3O5. The second-order valence-electron chi connectivity index (χ2n) is 7.14. The zero-order chi connectivity index (χ0) is 24.1. The molecule has 0 bridgehead atoms. The summed E-state index contributed by atoms with van der Waals surface area (Å²) in [5.41, 5.74) is 2.94. The molecule has 4 rings (SSSR count). The summed E-state index contributed by atoms with van der Waals surface area (Å²) in [7, 11) is 4.48. The van der Waals surface area contributed by atoms with Crippen molar-refractivity contribution < 1.29 is 23.7 Å². The van der Waals surface area contributed by atoms with E-state index in [9.17, 15) is 10.1 Å². The van der Waals surface area contributed by atoms with Gasteiger partial charge in [-0.1, -0.05) is 18.2 Å². The number of esters is 1. The van der Waals surface area contributed by atoms with Crippen molar-refractivity contribution in [2.75, 3.05) is 21.3 Å². The van der Waals surface area contributed by atoms with Gasteiger partial charge < -0.3 is 23.9 Å². The Labute approximate surface area is 196 Å². The van der Waals surface area contributed by atoms with E-state index in [1.165, 1.54) is 27.4 Å². The zero-order valence-corrected chi connectivity index (χ0v) is 18.8. The van der Waals surface area contributed by atoms with Crippen LogP contribution in [0.5, 0.6) is 23.0 Å². The Balaban J connectivity index is 1.60. The van der Waals surface area contributed by atoms with Crippen molar-refractivity contribution in [2.24, 2.45) is 0 Å². The topological polar surface area (TPSA) is 106 Å². The number of carbonyl (C=O) groups is 1. The molecule has 0 saturated carbocycles. The molecule has 0 radical (unpaired) electrons. The maximum absolute atomic E-state index is 12.7. The van der Waals surface area contributed by atoms with Crippen molar-refractivity contribution in [1.29, 1.82) is 5.26 Å². The molecule has 1 heterocycles. The molecule has 0 atom stereocenters. The van der Waals surface area contributed by atoms with Crippen molar-refractivity contribution in [3.8, 4) is 29.1 Å². The Kier molecular flexibility index (Phi) is 6.46. The van der Waals surface area contributed by atoms with Crippen molar-refractivity contribution >= 4 is 28.7 Å². The van der Waals surface area contributed by atoms with E-state index in [2.05, 4.69) is 16.0 Å². The van der Waals surface area contributed by atoms with Gasteiger partial charge in [-0.25, -0.2) is 9.78 Å². The summed E-state index contributed by atoms with van der Waals surface area (Å²) in [5.74, 6) is 1.38. The van der Waals surface area contributed by atoms with E-state index in [4.69, 9.17) is 18.9 Å². The van der Waals surface area contributed by atoms with E-state index in [1.54, 1.807) is 36.4 Å². The van der Waals surface area contributed by atoms with Crippen LogP contribution in [0, 0.1) is 11.3 Å². The first-order valence-corrected chi connectivity index (χ1v) is 10.3. The fraction of sp³-hybridized carbons (Fsp3) is 0.115. The minimum absolute atomic E-state index is 0.238. The average Bonchev–Trinajstić information content (AvgIpc) is 3.31. The van der Waals surface area contributed by atoms with E-state index in [0.717, 1.165) is 11.0 Å². The first-order valence-electron chi connectivity index (χ1n) is 10.3. The molecule has 0 amide bonds. The van der Waals surface area contributed by atoms with Crippen LogP contribution in [-0.4, -0.2) is 37.3 Å². The Morgan fingerprint density at radius 1 is 0.912 bits per heavy atom. The molecule has 0 fully saturated rings. The average molecular weight is 455 g/mol. The SMILES string of the molecule is COc1ccc(C(=O)Oc2ccc(/C=C(\C#N)c3nc4ccccc4[nH]3)cc2OC)cc1OC. The van der Waals surface area contributed by atoms with Gasteiger partial charge in [0.1, 0.15) is 11.9 Å². The first-order chi connectivity index (χ1) is 16.6. The molecule has 1 N–H and O–H groups in total. The number of para-hydroxylation sites is 2. The highest BCUT2D eigenvalue weighted by Gasteiger charge is 2.16. The van der Waals surface area contributed by atoms with Crippen molar-refractivity contribution in [1.82, 2.24) is 9.97 Å². The normalized spacial score (nSPS) is 11.1. The third-order valence-corrected chi connectivity index (χ3v) is 5.09. The quantitative estimate of drug-likeness (QED) is 0.241. The van der Waals surface area contributed by atoms with Crippen LogP contribution in [0.25, 0.3) is 22.7 Å². The van der Waals surface area contributed by atoms with E-state index in [0.29, 0.717) is 39.8 Å². The monoisotopic (exact) mass is 455 g/mol. The Hall–Kier alpha value is -4.77. The highest BCUT2D eigenvalue weighted by molar-refractivity contribution is 5.93. The van der Waals surface area contributed by atoms with Crippen molar-refractivity contribution in [3.05, 3.63) is 77.6 Å². The lowest BCUT2D eigenvalue weighted by Crippen LogP contribution is -2.09. The van der Waals surface area contributed by atoms with Gasteiger partial charge in [0.25, 0.3) is 0 Å². The van der Waals surface area contributed by atoms with Crippen LogP contribution < -0.4 is 18.9 Å². The maximum atomic E-state index is 12.7. The van der Waals surface area contributed by atoms with E-state index in [1.807, 2.05) is 24.3 Å². The highest BCUT2D eigenvalue weighted by atomic mass is 16.6. The lowest BCUT2D eigenvalue weighted by molar-refractivity contribution is 0.0729. The van der Waals surface area contributed by atoms with Gasteiger partial charge in [-0.05, 0) is 54.1 Å². The molecule has 0 aliphatic rings. The van der Waals surface area contributed by atoms with Crippen molar-refractivity contribution in [2.45, 2.75) is 0 Å². The van der Waals surface area contributed by atoms with Crippen molar-refractivity contribution in [3.63, 3.8) is 0 Å². The molecule has 0 aliphatic carbocycles. The maximum Gasteiger partial charge on any atom is 0.343 e. The molecule has 34 heavy (non-hydrogen) atoms. The smallest absolute Gasteiger partial charge is 0.343 e. The molecule has 8 nitrogen and oxygen atoms in total. The molecule has 4 aromatic rings. The van der Waals surface area contributed by atoms with E-state index in [-0.39, 0.29) is 5.75 Å². The number of H-pyrrole nitrogens is 1. The van der Waals surface area contributed by atoms with Crippen LogP contribution in [0.1, 0.15) is 21.7 Å². The van der Waals surface area contributed by atoms with Gasteiger partial charge in [0, 0.05) is 0 Å². The number of benzene rings is 3. The van der Waals surface area contributed by atoms with Crippen LogP contribution in [0.3, 0.4) is 0 Å². The number of nitrogens with zero attached hydrogens (tertiary/aromatic N) is 2. The fourth-order valence-electron chi connectivity index (χ4n) is 3.38. The van der Waals surface area contributed by atoms with Crippen LogP contribution in [0.2, 0.25) is 0 Å². The minimum atomic E-state index is -0.581. The van der Waals surface area contributed by atoms with Crippen LogP contribution in [-0.2, 0) is 0 Å². The Bertz CT molecular complexity index is 1400. The minimum Gasteiger partial charge on any atom is -0.493 e. The third kappa shape index (κ3) is 4.54. The number of allylic oxidation sites excluding steroid dienone is 1. The van der Waals surface area contributed by atoms with Crippen LogP contribution >= 0.6 is 0 Å². The number of hydrogen-bond acceptors (Lipinski definition) is 7. The van der Waals surface area contributed by atoms with Gasteiger partial charge in [0.05, 0.1) is 43.5 Å². The fourth-order valence-corrected chi connectivity index (χ4v) is 3.38. The lowest BCUT2D eigenvalue weighted by Gasteiger charge is -2.12. The number of ether oxygens (including phenoxy) is 4. The summed E-state index contributed by atoms with van der Waals surface area (Å²) in [6.07, 6.45) is 1.68. The van der Waals surface area contributed by atoms with Gasteiger partial charge in [-0.3, -0.25) is 0 Å². The summed E-state index contributed by atoms with van der Waals surface area (Å²) in [5, 5.41) is 9.67. The number of rotatable bonds is 7. The molecular weight excluding hydrogens is 434 g/mol. The predicted molar refractivity (Wildman–Crippen MR) is 127 cm³/mol. The first kappa shape index (κ1) is 22.4. The van der Waals surface area contributed by atoms with E-state index >= 15 is 0 Å². The zero-order valence-electron chi connectivity index (χ0n) is 18.8. The van der Waals surface area contributed by atoms with Gasteiger partial charge >= 0.3 is 5.97 Å². The number of carbonyl (C=O) groups excluding carboxylic acids is 1. The highest BCUT2D eigenvalue weighted by Crippen LogP contribution is 2.32. The van der Waals surface area contributed by atoms with Crippen LogP contribution in [0.4, 0.5) is 0 Å². The molecule has 8 heteroatoms. The second-order valence-corrected chi connectivity index (χ2v) is 7.14. The summed E-state index contributed by atoms with van der Waals surface area (Å²) in [6, 6.07) is 19.5. The summed E-state index contributed by atoms with van der Waals surface area (Å²) < 4.78 is 21.4. The lowest BCUT2D eigenvalue weighted by atomic mass is 10.1. The summed E-state index contributed by atoms with van der Waals surface area (Å²) in [6.45, 7) is 0. The predicted octanol–water partition coefficient (Wildman–Crippen LogP) is 4.87. The van der Waals surface area contributed by atoms with Gasteiger partial charge in [0.2, 0.25) is 0 Å². The second kappa shape index (κ2) is 9.79. The number of nitriles is 1. The number of hydrogen-bond donors (Lipinski definition) is 1. The molecule has 170 valence electrons. The van der Waals surface area contributed by atoms with Crippen LogP contribution in [0.15, 0.2) is 60.7 Å². The molecule has 0 aliphatic heterocycles.